The van der Waals surface area contributed by atoms with E-state index in [1.807, 2.05) is 0 Å². The molecule has 2 aromatic rings. The monoisotopic (exact) mass is 302 g/mol. The number of urea groups is 1. The molecule has 1 atom stereocenters. The molecule has 0 saturated carbocycles. The molecule has 0 fully saturated rings. The van der Waals surface area contributed by atoms with Gasteiger partial charge in [0.25, 0.3) is 0 Å². The van der Waals surface area contributed by atoms with Crippen molar-refractivity contribution in [1.82, 2.24) is 0 Å². The van der Waals surface area contributed by atoms with Gasteiger partial charge in [-0.05, 0) is 42.8 Å². The predicted octanol–water partition coefficient (Wildman–Crippen LogP) is 3.23. The molecule has 5 nitrogen and oxygen atoms in total. The molecule has 0 saturated heterocycles. The van der Waals surface area contributed by atoms with Crippen molar-refractivity contribution in [2.24, 2.45) is 5.73 Å². The van der Waals surface area contributed by atoms with Crippen molar-refractivity contribution in [2.45, 2.75) is 13.0 Å². The number of esters is 1. The third-order valence-electron chi connectivity index (χ3n) is 2.99. The molecule has 6 heteroatoms. The van der Waals surface area contributed by atoms with Crippen molar-refractivity contribution >= 4 is 17.7 Å². The number of carbonyl (C=O) groups is 2. The summed E-state index contributed by atoms with van der Waals surface area (Å²) in [6.07, 6.45) is -0.527. The van der Waals surface area contributed by atoms with Crippen LogP contribution in [0.5, 0.6) is 0 Å². The van der Waals surface area contributed by atoms with Gasteiger partial charge >= 0.3 is 12.0 Å². The van der Waals surface area contributed by atoms with E-state index in [4.69, 9.17) is 10.5 Å². The van der Waals surface area contributed by atoms with Crippen molar-refractivity contribution in [3.05, 3.63) is 65.5 Å². The summed E-state index contributed by atoms with van der Waals surface area (Å²) in [5, 5.41) is 2.38. The van der Waals surface area contributed by atoms with Gasteiger partial charge in [0.05, 0.1) is 5.56 Å². The normalized spacial score (nSPS) is 11.5. The zero-order valence-electron chi connectivity index (χ0n) is 11.9. The second-order valence-electron chi connectivity index (χ2n) is 4.67. The molecule has 0 radical (unpaired) electrons. The van der Waals surface area contributed by atoms with Gasteiger partial charge < -0.3 is 15.8 Å². The molecule has 0 spiro atoms. The van der Waals surface area contributed by atoms with Crippen LogP contribution in [-0.4, -0.2) is 12.0 Å². The summed E-state index contributed by atoms with van der Waals surface area (Å²) < 4.78 is 18.2. The third kappa shape index (κ3) is 4.05. The van der Waals surface area contributed by atoms with Crippen LogP contribution in [0.4, 0.5) is 14.9 Å². The molecule has 0 aliphatic carbocycles. The van der Waals surface area contributed by atoms with Gasteiger partial charge in [0.2, 0.25) is 0 Å². The van der Waals surface area contributed by atoms with Gasteiger partial charge in [0.1, 0.15) is 11.9 Å². The van der Waals surface area contributed by atoms with Gasteiger partial charge in [0, 0.05) is 5.69 Å². The molecule has 114 valence electrons. The largest absolute Gasteiger partial charge is 0.454 e. The number of primary amides is 1. The minimum absolute atomic E-state index is 0.278. The van der Waals surface area contributed by atoms with Crippen LogP contribution in [0.1, 0.15) is 28.9 Å². The number of ether oxygens (including phenoxy) is 1. The number of amides is 2. The molecule has 0 aliphatic heterocycles. The number of nitrogens with one attached hydrogen (secondary N) is 1. The molecular formula is C16H15FN2O3. The second kappa shape index (κ2) is 6.71. The van der Waals surface area contributed by atoms with Crippen LogP contribution in [0.3, 0.4) is 0 Å². The minimum Gasteiger partial charge on any atom is -0.454 e. The van der Waals surface area contributed by atoms with Crippen molar-refractivity contribution in [3.63, 3.8) is 0 Å². The van der Waals surface area contributed by atoms with Crippen LogP contribution < -0.4 is 11.1 Å². The van der Waals surface area contributed by atoms with Crippen LogP contribution in [0.15, 0.2) is 48.5 Å². The van der Waals surface area contributed by atoms with E-state index in [0.717, 1.165) is 0 Å². The van der Waals surface area contributed by atoms with E-state index in [0.29, 0.717) is 11.3 Å². The van der Waals surface area contributed by atoms with Gasteiger partial charge in [-0.1, -0.05) is 18.2 Å². The number of hydrogen-bond acceptors (Lipinski definition) is 3. The maximum atomic E-state index is 12.9. The first-order valence-electron chi connectivity index (χ1n) is 6.58. The summed E-state index contributed by atoms with van der Waals surface area (Å²) in [5.41, 5.74) is 6.38. The van der Waals surface area contributed by atoms with E-state index in [-0.39, 0.29) is 11.4 Å². The number of anilines is 1. The van der Waals surface area contributed by atoms with Crippen molar-refractivity contribution in [3.8, 4) is 0 Å². The topological polar surface area (TPSA) is 81.4 Å². The minimum atomic E-state index is -0.717. The molecule has 0 aliphatic rings. The van der Waals surface area contributed by atoms with Crippen molar-refractivity contribution < 1.29 is 18.7 Å². The SMILES string of the molecule is CC(OC(=O)c1cccc(NC(N)=O)c1)c1ccc(F)cc1. The van der Waals surface area contributed by atoms with E-state index in [1.54, 1.807) is 37.3 Å². The zero-order valence-corrected chi connectivity index (χ0v) is 11.9. The molecule has 1 unspecified atom stereocenters. The Morgan fingerprint density at radius 1 is 1.18 bits per heavy atom. The number of rotatable bonds is 4. The van der Waals surface area contributed by atoms with Gasteiger partial charge in [-0.25, -0.2) is 14.0 Å². The maximum absolute atomic E-state index is 12.9. The highest BCUT2D eigenvalue weighted by Crippen LogP contribution is 2.20. The summed E-state index contributed by atoms with van der Waals surface area (Å²) in [6.45, 7) is 1.69. The summed E-state index contributed by atoms with van der Waals surface area (Å²) >= 11 is 0. The molecule has 2 amide bonds. The molecular weight excluding hydrogens is 287 g/mol. The van der Waals surface area contributed by atoms with Crippen LogP contribution >= 0.6 is 0 Å². The Kier molecular flexibility index (Phi) is 4.73. The average molecular weight is 302 g/mol. The van der Waals surface area contributed by atoms with Gasteiger partial charge in [-0.15, -0.1) is 0 Å². The lowest BCUT2D eigenvalue weighted by molar-refractivity contribution is 0.0338. The number of hydrogen-bond donors (Lipinski definition) is 2. The predicted molar refractivity (Wildman–Crippen MR) is 79.9 cm³/mol. The fraction of sp³-hybridized carbons (Fsp3) is 0.125. The Hall–Kier alpha value is -2.89. The average Bonchev–Trinajstić information content (AvgIpc) is 2.47. The van der Waals surface area contributed by atoms with Crippen LogP contribution in [0, 0.1) is 5.82 Å². The van der Waals surface area contributed by atoms with E-state index in [9.17, 15) is 14.0 Å². The third-order valence-corrected chi connectivity index (χ3v) is 2.99. The number of halogens is 1. The van der Waals surface area contributed by atoms with Crippen molar-refractivity contribution in [1.29, 1.82) is 0 Å². The fourth-order valence-corrected chi connectivity index (χ4v) is 1.90. The molecule has 0 bridgehead atoms. The van der Waals surface area contributed by atoms with E-state index in [1.165, 1.54) is 18.2 Å². The summed E-state index contributed by atoms with van der Waals surface area (Å²) in [4.78, 5) is 22.9. The van der Waals surface area contributed by atoms with Crippen LogP contribution in [-0.2, 0) is 4.74 Å². The first kappa shape index (κ1) is 15.5. The summed E-state index contributed by atoms with van der Waals surface area (Å²) in [5.74, 6) is -0.905. The van der Waals surface area contributed by atoms with E-state index in [2.05, 4.69) is 5.32 Å². The highest BCUT2D eigenvalue weighted by molar-refractivity contribution is 5.93. The highest BCUT2D eigenvalue weighted by atomic mass is 19.1. The Morgan fingerprint density at radius 2 is 1.86 bits per heavy atom. The molecule has 22 heavy (non-hydrogen) atoms. The number of carbonyl (C=O) groups excluding carboxylic acids is 2. The Labute approximate surface area is 126 Å². The first-order chi connectivity index (χ1) is 10.5. The first-order valence-corrected chi connectivity index (χ1v) is 6.58. The van der Waals surface area contributed by atoms with Gasteiger partial charge in [-0.2, -0.15) is 0 Å². The fourth-order valence-electron chi connectivity index (χ4n) is 1.90. The van der Waals surface area contributed by atoms with Gasteiger partial charge in [-0.3, -0.25) is 0 Å². The molecule has 2 rings (SSSR count). The molecule has 0 aromatic heterocycles. The molecule has 3 N–H and O–H groups in total. The smallest absolute Gasteiger partial charge is 0.338 e. The number of benzene rings is 2. The standard InChI is InChI=1S/C16H15FN2O3/c1-10(11-5-7-13(17)8-6-11)22-15(20)12-3-2-4-14(9-12)19-16(18)21/h2-10H,1H3,(H3,18,19,21). The lowest BCUT2D eigenvalue weighted by atomic mass is 10.1. The van der Waals surface area contributed by atoms with E-state index >= 15 is 0 Å². The lowest BCUT2D eigenvalue weighted by Crippen LogP contribution is -2.19. The van der Waals surface area contributed by atoms with Crippen LogP contribution in [0.2, 0.25) is 0 Å². The quantitative estimate of drug-likeness (QED) is 0.851. The second-order valence-corrected chi connectivity index (χ2v) is 4.67. The lowest BCUT2D eigenvalue weighted by Gasteiger charge is -2.14. The highest BCUT2D eigenvalue weighted by Gasteiger charge is 2.14. The van der Waals surface area contributed by atoms with E-state index < -0.39 is 18.1 Å². The Morgan fingerprint density at radius 3 is 2.50 bits per heavy atom. The van der Waals surface area contributed by atoms with Crippen molar-refractivity contribution in [2.75, 3.05) is 5.32 Å². The number of nitrogens with two attached hydrogens (primary N) is 1. The van der Waals surface area contributed by atoms with Gasteiger partial charge in [0.15, 0.2) is 0 Å². The summed E-state index contributed by atoms with van der Waals surface area (Å²) in [6, 6.07) is 11.2. The molecule has 2 aromatic carbocycles. The summed E-state index contributed by atoms with van der Waals surface area (Å²) in [7, 11) is 0. The molecule has 0 heterocycles. The maximum Gasteiger partial charge on any atom is 0.338 e. The zero-order chi connectivity index (χ0) is 16.1. The van der Waals surface area contributed by atoms with Crippen LogP contribution in [0.25, 0.3) is 0 Å². The Bertz CT molecular complexity index is 686. The Balaban J connectivity index is 2.08.